The van der Waals surface area contributed by atoms with Crippen LogP contribution in [0.15, 0.2) is 42.0 Å². The monoisotopic (exact) mass is 387 g/mol. The lowest BCUT2D eigenvalue weighted by Gasteiger charge is -2.10. The smallest absolute Gasteiger partial charge is 0.297 e. The Kier molecular flexibility index (Phi) is 4.64. The Balaban J connectivity index is 1.87. The number of benzene rings is 1. The number of para-hydroxylation sites is 1. The second kappa shape index (κ2) is 6.73. The molecule has 2 heterocycles. The zero-order chi connectivity index (χ0) is 18.0. The van der Waals surface area contributed by atoms with Crippen LogP contribution >= 0.6 is 22.9 Å². The van der Waals surface area contributed by atoms with Gasteiger partial charge in [-0.2, -0.15) is 18.3 Å². The minimum Gasteiger partial charge on any atom is -0.297 e. The summed E-state index contributed by atoms with van der Waals surface area (Å²) in [5.41, 5.74) is 3.07. The first kappa shape index (κ1) is 17.2. The normalized spacial score (nSPS) is 11.4. The highest BCUT2D eigenvalue weighted by Gasteiger charge is 2.39. The van der Waals surface area contributed by atoms with Crippen LogP contribution in [0.1, 0.15) is 16.1 Å². The lowest BCUT2D eigenvalue weighted by Crippen LogP contribution is -2.30. The molecular weight excluding hydrogens is 379 g/mol. The summed E-state index contributed by atoms with van der Waals surface area (Å²) in [5.74, 6) is -1.00. The van der Waals surface area contributed by atoms with E-state index in [9.17, 15) is 18.0 Å². The van der Waals surface area contributed by atoms with Gasteiger partial charge in [0.1, 0.15) is 0 Å². The van der Waals surface area contributed by atoms with Gasteiger partial charge < -0.3 is 0 Å². The van der Waals surface area contributed by atoms with E-state index in [2.05, 4.69) is 20.9 Å². The summed E-state index contributed by atoms with van der Waals surface area (Å²) in [6.07, 6.45) is -2.39. The van der Waals surface area contributed by atoms with Crippen LogP contribution < -0.4 is 10.9 Å². The van der Waals surface area contributed by atoms with E-state index in [0.717, 1.165) is 22.2 Å². The number of carbonyl (C=O) groups excluding carboxylic acids is 1. The van der Waals surface area contributed by atoms with Crippen LogP contribution in [0, 0.1) is 0 Å². The molecule has 3 rings (SSSR count). The zero-order valence-electron chi connectivity index (χ0n) is 12.2. The van der Waals surface area contributed by atoms with E-state index in [0.29, 0.717) is 10.7 Å². The number of hydrogen-bond donors (Lipinski definition) is 2. The molecule has 1 aromatic carbocycles. The zero-order valence-corrected chi connectivity index (χ0v) is 13.8. The van der Waals surface area contributed by atoms with Crippen molar-refractivity contribution in [1.29, 1.82) is 0 Å². The van der Waals surface area contributed by atoms with Gasteiger partial charge in [-0.3, -0.25) is 15.6 Å². The highest BCUT2D eigenvalue weighted by atomic mass is 35.5. The van der Waals surface area contributed by atoms with Crippen molar-refractivity contribution in [1.82, 2.24) is 20.2 Å². The van der Waals surface area contributed by atoms with Gasteiger partial charge in [-0.15, -0.1) is 11.3 Å². The molecule has 130 valence electrons. The summed E-state index contributed by atoms with van der Waals surface area (Å²) in [4.78, 5) is 16.1. The van der Waals surface area contributed by atoms with E-state index in [1.54, 1.807) is 29.6 Å². The first-order valence-electron chi connectivity index (χ1n) is 6.74. The Morgan fingerprint density at radius 3 is 2.68 bits per heavy atom. The maximum Gasteiger partial charge on any atom is 0.435 e. The molecule has 0 saturated heterocycles. The summed E-state index contributed by atoms with van der Waals surface area (Å²) < 4.78 is 40.4. The number of hydrogen-bond acceptors (Lipinski definition) is 5. The first-order chi connectivity index (χ1) is 11.9. The minimum atomic E-state index is -4.79. The Labute approximate surface area is 148 Å². The number of nitrogens with one attached hydrogen (secondary N) is 2. The van der Waals surface area contributed by atoms with Gasteiger partial charge in [0.2, 0.25) is 5.13 Å². The number of carbonyl (C=O) groups is 1. The molecule has 0 fully saturated rings. The van der Waals surface area contributed by atoms with Crippen LogP contribution in [0.4, 0.5) is 18.9 Å². The van der Waals surface area contributed by atoms with Gasteiger partial charge in [0, 0.05) is 17.8 Å². The van der Waals surface area contributed by atoms with Crippen molar-refractivity contribution in [3.05, 3.63) is 58.3 Å². The summed E-state index contributed by atoms with van der Waals surface area (Å²) >= 11 is 7.00. The first-order valence-corrected chi connectivity index (χ1v) is 7.99. The lowest BCUT2D eigenvalue weighted by atomic mass is 10.2. The van der Waals surface area contributed by atoms with Crippen LogP contribution in [0.5, 0.6) is 0 Å². The van der Waals surface area contributed by atoms with Gasteiger partial charge in [0.25, 0.3) is 5.91 Å². The molecule has 0 bridgehead atoms. The maximum absolute atomic E-state index is 13.2. The number of alkyl halides is 3. The van der Waals surface area contributed by atoms with Crippen LogP contribution in [0.3, 0.4) is 0 Å². The maximum atomic E-state index is 13.2. The molecule has 0 aliphatic carbocycles. The fraction of sp³-hybridized carbons (Fsp3) is 0.0714. The van der Waals surface area contributed by atoms with Crippen molar-refractivity contribution in [2.24, 2.45) is 0 Å². The molecule has 0 radical (unpaired) electrons. The Hall–Kier alpha value is -2.59. The van der Waals surface area contributed by atoms with Crippen molar-refractivity contribution in [2.45, 2.75) is 6.18 Å². The van der Waals surface area contributed by atoms with Crippen LogP contribution in [0.25, 0.3) is 5.13 Å². The standard InChI is InChI=1S/C14H9ClF3N5OS/c15-9-3-1-2-4-10(9)20-21-12(24)8-7-23(13-19-5-6-25-13)22-11(8)14(16,17)18/h1-7,20H,(H,21,24). The molecule has 2 N–H and O–H groups in total. The minimum absolute atomic E-state index is 0.212. The van der Waals surface area contributed by atoms with Crippen LogP contribution in [-0.2, 0) is 6.18 Å². The number of hydrazine groups is 1. The Morgan fingerprint density at radius 2 is 2.04 bits per heavy atom. The molecule has 0 spiro atoms. The molecule has 3 aromatic rings. The van der Waals surface area contributed by atoms with E-state index >= 15 is 0 Å². The van der Waals surface area contributed by atoms with Crippen LogP contribution in [0.2, 0.25) is 5.02 Å². The average molecular weight is 388 g/mol. The predicted octanol–water partition coefficient (Wildman–Crippen LogP) is 3.76. The molecule has 25 heavy (non-hydrogen) atoms. The van der Waals surface area contributed by atoms with Crippen LogP contribution in [-0.4, -0.2) is 20.7 Å². The number of nitrogens with zero attached hydrogens (tertiary/aromatic N) is 3. The van der Waals surface area contributed by atoms with Crippen molar-refractivity contribution >= 4 is 34.5 Å². The molecule has 0 aliphatic rings. The van der Waals surface area contributed by atoms with Gasteiger partial charge in [0.05, 0.1) is 16.3 Å². The molecule has 0 unspecified atom stereocenters. The topological polar surface area (TPSA) is 71.8 Å². The van der Waals surface area contributed by atoms with E-state index in [1.165, 1.54) is 6.20 Å². The average Bonchev–Trinajstić information content (AvgIpc) is 3.22. The third-order valence-corrected chi connectivity index (χ3v) is 4.12. The van der Waals surface area contributed by atoms with Gasteiger partial charge in [-0.25, -0.2) is 9.67 Å². The lowest BCUT2D eigenvalue weighted by molar-refractivity contribution is -0.141. The van der Waals surface area contributed by atoms with Crippen molar-refractivity contribution < 1.29 is 18.0 Å². The number of amides is 1. The molecule has 0 atom stereocenters. The third-order valence-electron chi connectivity index (χ3n) is 3.03. The Morgan fingerprint density at radius 1 is 1.28 bits per heavy atom. The van der Waals surface area contributed by atoms with Crippen molar-refractivity contribution in [3.63, 3.8) is 0 Å². The Bertz CT molecular complexity index is 894. The number of thiazole rings is 1. The molecular formula is C14H9ClF3N5OS. The van der Waals surface area contributed by atoms with E-state index < -0.39 is 23.3 Å². The highest BCUT2D eigenvalue weighted by Crippen LogP contribution is 2.31. The molecule has 0 saturated carbocycles. The molecule has 11 heteroatoms. The summed E-state index contributed by atoms with van der Waals surface area (Å²) in [6.45, 7) is 0. The number of aromatic nitrogens is 3. The molecule has 0 aliphatic heterocycles. The van der Waals surface area contributed by atoms with E-state index in [4.69, 9.17) is 11.6 Å². The largest absolute Gasteiger partial charge is 0.435 e. The van der Waals surface area contributed by atoms with Crippen molar-refractivity contribution in [3.8, 4) is 5.13 Å². The highest BCUT2D eigenvalue weighted by molar-refractivity contribution is 7.12. The van der Waals surface area contributed by atoms with Gasteiger partial charge in [-0.05, 0) is 12.1 Å². The third kappa shape index (κ3) is 3.74. The quantitative estimate of drug-likeness (QED) is 0.669. The van der Waals surface area contributed by atoms with E-state index in [1.807, 2.05) is 0 Å². The second-order valence-corrected chi connectivity index (χ2v) is 5.99. The van der Waals surface area contributed by atoms with Gasteiger partial charge in [-0.1, -0.05) is 23.7 Å². The number of rotatable bonds is 4. The predicted molar refractivity (Wildman–Crippen MR) is 86.8 cm³/mol. The molecule has 2 aromatic heterocycles. The SMILES string of the molecule is O=C(NNc1ccccc1Cl)c1cn(-c2nccs2)nc1C(F)(F)F. The summed E-state index contributed by atoms with van der Waals surface area (Å²) in [6, 6.07) is 6.46. The van der Waals surface area contributed by atoms with Gasteiger partial charge >= 0.3 is 6.18 Å². The fourth-order valence-corrected chi connectivity index (χ4v) is 2.68. The molecule has 6 nitrogen and oxygen atoms in total. The molecule has 1 amide bonds. The summed E-state index contributed by atoms with van der Waals surface area (Å²) in [7, 11) is 0. The van der Waals surface area contributed by atoms with E-state index in [-0.39, 0.29) is 5.13 Å². The fourth-order valence-electron chi connectivity index (χ4n) is 1.93. The van der Waals surface area contributed by atoms with Crippen molar-refractivity contribution in [2.75, 3.05) is 5.43 Å². The number of anilines is 1. The summed E-state index contributed by atoms with van der Waals surface area (Å²) in [5, 5.41) is 5.54. The van der Waals surface area contributed by atoms with Gasteiger partial charge in [0.15, 0.2) is 5.69 Å². The number of halogens is 4. The second-order valence-electron chi connectivity index (χ2n) is 4.71.